The monoisotopic (exact) mass is 245 g/mol. The Morgan fingerprint density at radius 2 is 2.17 bits per heavy atom. The average molecular weight is 245 g/mol. The molecule has 2 N–H and O–H groups in total. The van der Waals surface area contributed by atoms with Crippen LogP contribution in [0.5, 0.6) is 0 Å². The molecule has 2 rings (SSSR count). The zero-order chi connectivity index (χ0) is 12.8. The largest absolute Gasteiger partial charge is 0.334 e. The third kappa shape index (κ3) is 3.58. The van der Waals surface area contributed by atoms with Gasteiger partial charge < -0.3 is 10.6 Å². The Labute approximate surface area is 105 Å². The molecular weight excluding hydrogens is 230 g/mol. The molecule has 0 aliphatic carbocycles. The molecule has 2 heterocycles. The van der Waals surface area contributed by atoms with Gasteiger partial charge in [-0.3, -0.25) is 9.67 Å². The summed E-state index contributed by atoms with van der Waals surface area (Å²) in [6.45, 7) is 2.56. The van der Waals surface area contributed by atoms with Crippen LogP contribution in [0.25, 0.3) is 0 Å². The number of pyridine rings is 1. The number of nitrogens with zero attached hydrogens (tertiary/aromatic N) is 3. The molecule has 2 aromatic heterocycles. The molecule has 2 aromatic rings. The average Bonchev–Trinajstić information content (AvgIpc) is 2.82. The number of carbonyl (C=O) groups excluding carboxylic acids is 1. The van der Waals surface area contributed by atoms with Crippen LogP contribution in [0.15, 0.2) is 43.0 Å². The number of anilines is 1. The van der Waals surface area contributed by atoms with Gasteiger partial charge in [0, 0.05) is 36.5 Å². The minimum absolute atomic E-state index is 0.00765. The Morgan fingerprint density at radius 1 is 1.39 bits per heavy atom. The maximum absolute atomic E-state index is 11.7. The lowest BCUT2D eigenvalue weighted by atomic mass is 10.3. The summed E-state index contributed by atoms with van der Waals surface area (Å²) in [6, 6.07) is 5.08. The second kappa shape index (κ2) is 5.81. The number of carbonyl (C=O) groups is 1. The van der Waals surface area contributed by atoms with Crippen LogP contribution in [0.3, 0.4) is 0 Å². The van der Waals surface area contributed by atoms with Crippen LogP contribution in [-0.4, -0.2) is 26.8 Å². The molecule has 0 bridgehead atoms. The molecule has 6 nitrogen and oxygen atoms in total. The van der Waals surface area contributed by atoms with Gasteiger partial charge in [0.2, 0.25) is 0 Å². The summed E-state index contributed by atoms with van der Waals surface area (Å²) < 4.78 is 1.78. The zero-order valence-corrected chi connectivity index (χ0v) is 10.1. The fourth-order valence-electron chi connectivity index (χ4n) is 1.56. The quantitative estimate of drug-likeness (QED) is 0.857. The summed E-state index contributed by atoms with van der Waals surface area (Å²) >= 11 is 0. The van der Waals surface area contributed by atoms with Crippen LogP contribution in [0.4, 0.5) is 10.5 Å². The number of amides is 2. The van der Waals surface area contributed by atoms with Gasteiger partial charge in [0.15, 0.2) is 0 Å². The lowest BCUT2D eigenvalue weighted by Gasteiger charge is -2.14. The van der Waals surface area contributed by atoms with Gasteiger partial charge in [-0.1, -0.05) is 0 Å². The summed E-state index contributed by atoms with van der Waals surface area (Å²) in [5.41, 5.74) is 0.716. The van der Waals surface area contributed by atoms with Gasteiger partial charge in [-0.05, 0) is 25.1 Å². The second-order valence-electron chi connectivity index (χ2n) is 3.96. The highest BCUT2D eigenvalue weighted by molar-refractivity contribution is 5.89. The van der Waals surface area contributed by atoms with E-state index in [-0.39, 0.29) is 12.1 Å². The number of nitrogens with one attached hydrogen (secondary N) is 2. The minimum atomic E-state index is -0.235. The molecule has 1 atom stereocenters. The van der Waals surface area contributed by atoms with Crippen molar-refractivity contribution in [2.24, 2.45) is 0 Å². The normalized spacial score (nSPS) is 11.8. The highest BCUT2D eigenvalue weighted by Gasteiger charge is 2.07. The van der Waals surface area contributed by atoms with Crippen LogP contribution in [0.2, 0.25) is 0 Å². The Kier molecular flexibility index (Phi) is 3.90. The molecule has 0 aromatic carbocycles. The van der Waals surface area contributed by atoms with Gasteiger partial charge in [0.05, 0.1) is 6.54 Å². The predicted molar refractivity (Wildman–Crippen MR) is 68.1 cm³/mol. The van der Waals surface area contributed by atoms with Crippen molar-refractivity contribution in [2.45, 2.75) is 19.5 Å². The van der Waals surface area contributed by atoms with Gasteiger partial charge in [0.25, 0.3) is 0 Å². The number of rotatable bonds is 4. The predicted octanol–water partition coefficient (Wildman–Crippen LogP) is 1.49. The number of aromatic nitrogens is 3. The Balaban J connectivity index is 1.80. The van der Waals surface area contributed by atoms with E-state index in [1.165, 1.54) is 0 Å². The topological polar surface area (TPSA) is 71.8 Å². The molecular formula is C12H15N5O. The summed E-state index contributed by atoms with van der Waals surface area (Å²) in [5, 5.41) is 9.65. The summed E-state index contributed by atoms with van der Waals surface area (Å²) in [7, 11) is 0. The van der Waals surface area contributed by atoms with E-state index in [1.54, 1.807) is 35.4 Å². The van der Waals surface area contributed by atoms with Crippen LogP contribution >= 0.6 is 0 Å². The fraction of sp³-hybridized carbons (Fsp3) is 0.250. The molecule has 0 aliphatic heterocycles. The van der Waals surface area contributed by atoms with E-state index in [0.717, 1.165) is 0 Å². The van der Waals surface area contributed by atoms with Gasteiger partial charge in [-0.15, -0.1) is 0 Å². The molecule has 0 saturated carbocycles. The number of urea groups is 1. The van der Waals surface area contributed by atoms with E-state index in [4.69, 9.17) is 0 Å². The van der Waals surface area contributed by atoms with Gasteiger partial charge in [0.1, 0.15) is 0 Å². The Morgan fingerprint density at radius 3 is 2.83 bits per heavy atom. The number of hydrogen-bond acceptors (Lipinski definition) is 3. The summed E-state index contributed by atoms with van der Waals surface area (Å²) in [4.78, 5) is 15.6. The van der Waals surface area contributed by atoms with E-state index in [9.17, 15) is 4.79 Å². The fourth-order valence-corrected chi connectivity index (χ4v) is 1.56. The minimum Gasteiger partial charge on any atom is -0.334 e. The molecule has 0 fully saturated rings. The van der Waals surface area contributed by atoms with Crippen LogP contribution < -0.4 is 10.6 Å². The van der Waals surface area contributed by atoms with Crippen molar-refractivity contribution in [3.63, 3.8) is 0 Å². The highest BCUT2D eigenvalue weighted by Crippen LogP contribution is 2.02. The molecule has 2 amide bonds. The van der Waals surface area contributed by atoms with Crippen molar-refractivity contribution in [3.8, 4) is 0 Å². The first-order valence-corrected chi connectivity index (χ1v) is 5.69. The van der Waals surface area contributed by atoms with Gasteiger partial charge >= 0.3 is 6.03 Å². The first kappa shape index (κ1) is 12.1. The molecule has 0 saturated heterocycles. The highest BCUT2D eigenvalue weighted by atomic mass is 16.2. The van der Waals surface area contributed by atoms with Gasteiger partial charge in [-0.2, -0.15) is 5.10 Å². The maximum atomic E-state index is 11.7. The van der Waals surface area contributed by atoms with Crippen LogP contribution in [0, 0.1) is 0 Å². The molecule has 18 heavy (non-hydrogen) atoms. The van der Waals surface area contributed by atoms with E-state index < -0.39 is 0 Å². The SMILES string of the molecule is CC(Cn1cccn1)NC(=O)Nc1ccncc1. The Hall–Kier alpha value is -2.37. The standard InChI is InChI=1S/C12H15N5O/c1-10(9-17-8-2-5-14-17)15-12(18)16-11-3-6-13-7-4-11/h2-8,10H,9H2,1H3,(H2,13,15,16,18). The van der Waals surface area contributed by atoms with Crippen molar-refractivity contribution in [1.82, 2.24) is 20.1 Å². The van der Waals surface area contributed by atoms with Crippen LogP contribution in [-0.2, 0) is 6.54 Å². The molecule has 94 valence electrons. The van der Waals surface area contributed by atoms with E-state index in [0.29, 0.717) is 12.2 Å². The van der Waals surface area contributed by atoms with Crippen molar-refractivity contribution >= 4 is 11.7 Å². The van der Waals surface area contributed by atoms with E-state index in [2.05, 4.69) is 20.7 Å². The summed E-state index contributed by atoms with van der Waals surface area (Å²) in [5.74, 6) is 0. The molecule has 0 spiro atoms. The first-order chi connectivity index (χ1) is 8.74. The molecule has 0 aliphatic rings. The van der Waals surface area contributed by atoms with Crippen molar-refractivity contribution < 1.29 is 4.79 Å². The van der Waals surface area contributed by atoms with E-state index in [1.807, 2.05) is 19.2 Å². The zero-order valence-electron chi connectivity index (χ0n) is 10.1. The lowest BCUT2D eigenvalue weighted by Crippen LogP contribution is -2.38. The molecule has 0 radical (unpaired) electrons. The first-order valence-electron chi connectivity index (χ1n) is 5.69. The van der Waals surface area contributed by atoms with Crippen molar-refractivity contribution in [2.75, 3.05) is 5.32 Å². The van der Waals surface area contributed by atoms with Crippen molar-refractivity contribution in [3.05, 3.63) is 43.0 Å². The van der Waals surface area contributed by atoms with Crippen molar-refractivity contribution in [1.29, 1.82) is 0 Å². The number of hydrogen-bond donors (Lipinski definition) is 2. The van der Waals surface area contributed by atoms with Gasteiger partial charge in [-0.25, -0.2) is 4.79 Å². The summed E-state index contributed by atoms with van der Waals surface area (Å²) in [6.07, 6.45) is 6.83. The maximum Gasteiger partial charge on any atom is 0.319 e. The lowest BCUT2D eigenvalue weighted by molar-refractivity contribution is 0.247. The Bertz CT molecular complexity index is 482. The van der Waals surface area contributed by atoms with Crippen LogP contribution in [0.1, 0.15) is 6.92 Å². The second-order valence-corrected chi connectivity index (χ2v) is 3.96. The third-order valence-electron chi connectivity index (χ3n) is 2.34. The molecule has 1 unspecified atom stereocenters. The van der Waals surface area contributed by atoms with E-state index >= 15 is 0 Å². The molecule has 6 heteroatoms. The smallest absolute Gasteiger partial charge is 0.319 e. The third-order valence-corrected chi connectivity index (χ3v) is 2.34.